The van der Waals surface area contributed by atoms with Gasteiger partial charge in [0, 0.05) is 12.8 Å². The highest BCUT2D eigenvalue weighted by atomic mass is 16.7. The number of fused-ring (bicyclic) bond motifs is 1. The standard InChI is InChI=1S/C13H20O5/c1-2-16-12(15)11-9-7-13(17-3-4-18-13)6-8(9)5-10(11)14/h8-11,14H,2-7H2,1H3/t8-,9+,10-,11-/m1/s1. The Morgan fingerprint density at radius 3 is 2.78 bits per heavy atom. The molecule has 1 N–H and O–H groups in total. The first-order valence-corrected chi connectivity index (χ1v) is 6.78. The van der Waals surface area contributed by atoms with Gasteiger partial charge in [-0.1, -0.05) is 0 Å². The van der Waals surface area contributed by atoms with E-state index in [1.807, 2.05) is 0 Å². The van der Waals surface area contributed by atoms with Crippen LogP contribution >= 0.6 is 0 Å². The summed E-state index contributed by atoms with van der Waals surface area (Å²) < 4.78 is 16.5. The molecule has 3 rings (SSSR count). The van der Waals surface area contributed by atoms with Crippen LogP contribution in [0.15, 0.2) is 0 Å². The number of hydrogen-bond acceptors (Lipinski definition) is 5. The zero-order chi connectivity index (χ0) is 12.8. The van der Waals surface area contributed by atoms with E-state index < -0.39 is 17.8 Å². The summed E-state index contributed by atoms with van der Waals surface area (Å²) in [5.74, 6) is -0.709. The Kier molecular flexibility index (Phi) is 3.08. The van der Waals surface area contributed by atoms with Crippen LogP contribution in [0.1, 0.15) is 26.2 Å². The Morgan fingerprint density at radius 1 is 1.39 bits per heavy atom. The minimum absolute atomic E-state index is 0.136. The van der Waals surface area contributed by atoms with Crippen LogP contribution in [0.4, 0.5) is 0 Å². The largest absolute Gasteiger partial charge is 0.466 e. The lowest BCUT2D eigenvalue weighted by Crippen LogP contribution is -2.33. The maximum Gasteiger partial charge on any atom is 0.311 e. The molecule has 0 unspecified atom stereocenters. The quantitative estimate of drug-likeness (QED) is 0.737. The fourth-order valence-electron chi connectivity index (χ4n) is 3.88. The number of rotatable bonds is 2. The van der Waals surface area contributed by atoms with Crippen LogP contribution in [0.3, 0.4) is 0 Å². The molecule has 0 aromatic rings. The molecule has 0 aromatic carbocycles. The van der Waals surface area contributed by atoms with Crippen molar-refractivity contribution in [2.45, 2.75) is 38.1 Å². The minimum atomic E-state index is -0.571. The highest BCUT2D eigenvalue weighted by Crippen LogP contribution is 2.54. The summed E-state index contributed by atoms with van der Waals surface area (Å²) in [7, 11) is 0. The molecule has 3 fully saturated rings. The van der Waals surface area contributed by atoms with E-state index >= 15 is 0 Å². The predicted molar refractivity (Wildman–Crippen MR) is 61.6 cm³/mol. The summed E-state index contributed by atoms with van der Waals surface area (Å²) >= 11 is 0. The molecule has 0 aromatic heterocycles. The number of carbonyl (C=O) groups excluding carboxylic acids is 1. The molecular formula is C13H20O5. The van der Waals surface area contributed by atoms with Gasteiger partial charge in [0.1, 0.15) is 0 Å². The maximum atomic E-state index is 11.9. The second-order valence-corrected chi connectivity index (χ2v) is 5.52. The Balaban J connectivity index is 1.74. The molecule has 0 amide bonds. The molecule has 4 atom stereocenters. The van der Waals surface area contributed by atoms with Crippen molar-refractivity contribution < 1.29 is 24.1 Å². The minimum Gasteiger partial charge on any atom is -0.466 e. The number of aliphatic hydroxyl groups is 1. The molecule has 1 saturated heterocycles. The molecule has 1 aliphatic heterocycles. The maximum absolute atomic E-state index is 11.9. The van der Waals surface area contributed by atoms with E-state index in [1.54, 1.807) is 6.92 Å². The molecule has 3 aliphatic rings. The number of esters is 1. The summed E-state index contributed by atoms with van der Waals surface area (Å²) in [5, 5.41) is 10.0. The second kappa shape index (κ2) is 4.47. The molecule has 1 spiro atoms. The molecule has 5 nitrogen and oxygen atoms in total. The lowest BCUT2D eigenvalue weighted by atomic mass is 9.91. The first kappa shape index (κ1) is 12.4. The van der Waals surface area contributed by atoms with Gasteiger partial charge in [0.15, 0.2) is 5.79 Å². The monoisotopic (exact) mass is 256 g/mol. The topological polar surface area (TPSA) is 65.0 Å². The molecule has 18 heavy (non-hydrogen) atoms. The number of carbonyl (C=O) groups is 1. The highest BCUT2D eigenvalue weighted by Gasteiger charge is 2.58. The zero-order valence-electron chi connectivity index (χ0n) is 10.6. The van der Waals surface area contributed by atoms with Crippen molar-refractivity contribution >= 4 is 5.97 Å². The van der Waals surface area contributed by atoms with Gasteiger partial charge in [-0.3, -0.25) is 4.79 Å². The molecule has 5 heteroatoms. The van der Waals surface area contributed by atoms with Crippen LogP contribution in [0.2, 0.25) is 0 Å². The normalized spacial score (nSPS) is 41.2. The van der Waals surface area contributed by atoms with E-state index in [0.29, 0.717) is 38.6 Å². The van der Waals surface area contributed by atoms with Crippen LogP contribution in [0.25, 0.3) is 0 Å². The van der Waals surface area contributed by atoms with Crippen molar-refractivity contribution in [1.82, 2.24) is 0 Å². The summed E-state index contributed by atoms with van der Waals surface area (Å²) in [6.45, 7) is 3.41. The smallest absolute Gasteiger partial charge is 0.311 e. The molecule has 0 bridgehead atoms. The van der Waals surface area contributed by atoms with E-state index in [4.69, 9.17) is 14.2 Å². The first-order chi connectivity index (χ1) is 8.65. The summed E-state index contributed by atoms with van der Waals surface area (Å²) in [6, 6.07) is 0. The number of ether oxygens (including phenoxy) is 3. The zero-order valence-corrected chi connectivity index (χ0v) is 10.6. The van der Waals surface area contributed by atoms with Crippen LogP contribution in [0, 0.1) is 17.8 Å². The lowest BCUT2D eigenvalue weighted by Gasteiger charge is -2.25. The van der Waals surface area contributed by atoms with Crippen molar-refractivity contribution in [3.8, 4) is 0 Å². The van der Waals surface area contributed by atoms with Gasteiger partial charge in [-0.2, -0.15) is 0 Å². The molecule has 1 heterocycles. The van der Waals surface area contributed by atoms with Gasteiger partial charge in [-0.05, 0) is 25.2 Å². The van der Waals surface area contributed by atoms with Crippen molar-refractivity contribution in [3.63, 3.8) is 0 Å². The fraction of sp³-hybridized carbons (Fsp3) is 0.923. The second-order valence-electron chi connectivity index (χ2n) is 5.52. The van der Waals surface area contributed by atoms with Crippen molar-refractivity contribution in [3.05, 3.63) is 0 Å². The van der Waals surface area contributed by atoms with Crippen LogP contribution in [0.5, 0.6) is 0 Å². The highest BCUT2D eigenvalue weighted by molar-refractivity contribution is 5.74. The van der Waals surface area contributed by atoms with E-state index in [9.17, 15) is 9.90 Å². The summed E-state index contributed by atoms with van der Waals surface area (Å²) in [5.41, 5.74) is 0. The summed E-state index contributed by atoms with van der Waals surface area (Å²) in [4.78, 5) is 11.9. The van der Waals surface area contributed by atoms with E-state index in [-0.39, 0.29) is 11.9 Å². The fourth-order valence-corrected chi connectivity index (χ4v) is 3.88. The van der Waals surface area contributed by atoms with Gasteiger partial charge in [0.2, 0.25) is 0 Å². The Hall–Kier alpha value is -0.650. The third kappa shape index (κ3) is 1.85. The van der Waals surface area contributed by atoms with Crippen LogP contribution in [-0.2, 0) is 19.0 Å². The SMILES string of the molecule is CCOC(=O)[C@@H]1[C@H]2CC3(C[C@H]2C[C@H]1O)OCCO3. The van der Waals surface area contributed by atoms with Gasteiger partial charge < -0.3 is 19.3 Å². The van der Waals surface area contributed by atoms with Crippen LogP contribution < -0.4 is 0 Å². The third-order valence-corrected chi connectivity index (χ3v) is 4.52. The van der Waals surface area contributed by atoms with Gasteiger partial charge in [0.25, 0.3) is 0 Å². The molecule has 102 valence electrons. The van der Waals surface area contributed by atoms with Crippen molar-refractivity contribution in [1.29, 1.82) is 0 Å². The van der Waals surface area contributed by atoms with Crippen molar-refractivity contribution in [2.75, 3.05) is 19.8 Å². The predicted octanol–water partition coefficient (Wildman–Crippen LogP) is 0.700. The van der Waals surface area contributed by atoms with E-state index in [1.165, 1.54) is 0 Å². The van der Waals surface area contributed by atoms with Gasteiger partial charge in [0.05, 0.1) is 31.8 Å². The molecular weight excluding hydrogens is 236 g/mol. The average Bonchev–Trinajstić information content (AvgIpc) is 2.95. The lowest BCUT2D eigenvalue weighted by molar-refractivity contribution is -0.164. The number of hydrogen-bond donors (Lipinski definition) is 1. The summed E-state index contributed by atoms with van der Waals surface area (Å²) in [6.07, 6.45) is 1.59. The molecule has 2 aliphatic carbocycles. The van der Waals surface area contributed by atoms with Gasteiger partial charge in [-0.25, -0.2) is 0 Å². The average molecular weight is 256 g/mol. The van der Waals surface area contributed by atoms with E-state index in [0.717, 1.165) is 6.42 Å². The van der Waals surface area contributed by atoms with Crippen LogP contribution in [-0.4, -0.2) is 42.8 Å². The Morgan fingerprint density at radius 2 is 2.11 bits per heavy atom. The van der Waals surface area contributed by atoms with Gasteiger partial charge in [-0.15, -0.1) is 0 Å². The first-order valence-electron chi connectivity index (χ1n) is 6.78. The van der Waals surface area contributed by atoms with Gasteiger partial charge >= 0.3 is 5.97 Å². The van der Waals surface area contributed by atoms with E-state index in [2.05, 4.69) is 0 Å². The molecule has 2 saturated carbocycles. The third-order valence-electron chi connectivity index (χ3n) is 4.52. The Bertz CT molecular complexity index is 336. The van der Waals surface area contributed by atoms with Crippen molar-refractivity contribution in [2.24, 2.45) is 17.8 Å². The number of aliphatic hydroxyl groups excluding tert-OH is 1. The molecule has 0 radical (unpaired) electrons. The Labute approximate surface area is 106 Å².